The van der Waals surface area contributed by atoms with Gasteiger partial charge >= 0.3 is 6.18 Å². The average Bonchev–Trinajstić information content (AvgIpc) is 2.78. The Labute approximate surface area is 193 Å². The van der Waals surface area contributed by atoms with E-state index in [2.05, 4.69) is 20.3 Å². The summed E-state index contributed by atoms with van der Waals surface area (Å²) >= 11 is 0. The fourth-order valence-corrected chi connectivity index (χ4v) is 4.00. The lowest BCUT2D eigenvalue weighted by molar-refractivity contribution is -0.140. The molecule has 11 heteroatoms. The molecule has 34 heavy (non-hydrogen) atoms. The number of rotatable bonds is 5. The van der Waals surface area contributed by atoms with Gasteiger partial charge in [-0.1, -0.05) is 19.1 Å². The second-order valence-electron chi connectivity index (χ2n) is 8.37. The third-order valence-corrected chi connectivity index (χ3v) is 5.98. The minimum Gasteiger partial charge on any atom is -0.479 e. The van der Waals surface area contributed by atoms with Crippen LogP contribution in [0.5, 0.6) is 5.88 Å². The van der Waals surface area contributed by atoms with Gasteiger partial charge in [0.1, 0.15) is 29.3 Å². The molecule has 1 aliphatic rings. The van der Waals surface area contributed by atoms with Crippen molar-refractivity contribution in [2.75, 3.05) is 30.4 Å². The largest absolute Gasteiger partial charge is 0.479 e. The van der Waals surface area contributed by atoms with E-state index in [-0.39, 0.29) is 36.3 Å². The predicted octanol–water partition coefficient (Wildman–Crippen LogP) is 5.30. The molecule has 0 bridgehead atoms. The number of aryl methyl sites for hydroxylation is 1. The molecule has 2 aromatic heterocycles. The van der Waals surface area contributed by atoms with Crippen LogP contribution >= 0.6 is 0 Å². The monoisotopic (exact) mass is 481 g/mol. The van der Waals surface area contributed by atoms with Crippen molar-refractivity contribution in [2.45, 2.75) is 39.2 Å². The molecule has 2 unspecified atom stereocenters. The van der Waals surface area contributed by atoms with E-state index >= 15 is 0 Å². The van der Waals surface area contributed by atoms with Crippen molar-refractivity contribution in [2.24, 2.45) is 5.92 Å². The van der Waals surface area contributed by atoms with E-state index in [1.54, 1.807) is 13.0 Å². The van der Waals surface area contributed by atoms with Gasteiger partial charge in [-0.25, -0.2) is 18.7 Å². The van der Waals surface area contributed by atoms with Crippen LogP contribution in [0.15, 0.2) is 24.3 Å². The van der Waals surface area contributed by atoms with Gasteiger partial charge in [-0.15, -0.1) is 0 Å². The molecule has 1 fully saturated rings. The first kappa shape index (κ1) is 23.9. The molecule has 0 amide bonds. The van der Waals surface area contributed by atoms with E-state index in [0.29, 0.717) is 41.6 Å². The van der Waals surface area contributed by atoms with Crippen LogP contribution in [0.3, 0.4) is 0 Å². The van der Waals surface area contributed by atoms with Crippen molar-refractivity contribution in [3.8, 4) is 5.88 Å². The molecule has 0 saturated carbocycles. The lowest BCUT2D eigenvalue weighted by Crippen LogP contribution is -2.41. The van der Waals surface area contributed by atoms with Gasteiger partial charge in [0.05, 0.1) is 18.1 Å². The van der Waals surface area contributed by atoms with Crippen LogP contribution in [0.2, 0.25) is 0 Å². The lowest BCUT2D eigenvalue weighted by atomic mass is 9.97. The minimum absolute atomic E-state index is 0.0544. The average molecular weight is 481 g/mol. The highest BCUT2D eigenvalue weighted by Gasteiger charge is 2.34. The lowest BCUT2D eigenvalue weighted by Gasteiger charge is -2.35. The smallest absolute Gasteiger partial charge is 0.419 e. The molecule has 1 saturated heterocycles. The van der Waals surface area contributed by atoms with Crippen molar-refractivity contribution in [1.82, 2.24) is 15.0 Å². The van der Waals surface area contributed by atoms with E-state index in [0.717, 1.165) is 6.07 Å². The van der Waals surface area contributed by atoms with Crippen LogP contribution < -0.4 is 15.0 Å². The number of ether oxygens (including phenoxy) is 1. The second-order valence-corrected chi connectivity index (χ2v) is 8.37. The van der Waals surface area contributed by atoms with Crippen molar-refractivity contribution in [1.29, 1.82) is 0 Å². The van der Waals surface area contributed by atoms with Gasteiger partial charge < -0.3 is 15.0 Å². The molecule has 1 aromatic carbocycles. The number of pyridine rings is 1. The number of nitrogens with one attached hydrogen (secondary N) is 1. The first-order valence-electron chi connectivity index (χ1n) is 10.8. The maximum Gasteiger partial charge on any atom is 0.419 e. The zero-order chi connectivity index (χ0) is 24.6. The second kappa shape index (κ2) is 9.19. The summed E-state index contributed by atoms with van der Waals surface area (Å²) in [4.78, 5) is 15.0. The summed E-state index contributed by atoms with van der Waals surface area (Å²) < 4.78 is 73.5. The summed E-state index contributed by atoms with van der Waals surface area (Å²) in [5.41, 5.74) is -0.636. The molecule has 0 spiro atoms. The summed E-state index contributed by atoms with van der Waals surface area (Å²) in [6.07, 6.45) is -5.15. The Morgan fingerprint density at radius 3 is 2.65 bits per heavy atom. The molecule has 6 nitrogen and oxygen atoms in total. The van der Waals surface area contributed by atoms with Crippen molar-refractivity contribution < 1.29 is 26.7 Å². The van der Waals surface area contributed by atoms with Crippen LogP contribution in [0.4, 0.5) is 33.5 Å². The number of hydrogen-bond donors (Lipinski definition) is 1. The Balaban J connectivity index is 1.71. The number of benzene rings is 1. The molecule has 182 valence electrons. The fourth-order valence-electron chi connectivity index (χ4n) is 4.00. The zero-order valence-corrected chi connectivity index (χ0v) is 18.9. The van der Waals surface area contributed by atoms with Gasteiger partial charge in [-0.05, 0) is 31.4 Å². The van der Waals surface area contributed by atoms with Crippen molar-refractivity contribution in [3.05, 3.63) is 47.0 Å². The van der Waals surface area contributed by atoms with E-state index < -0.39 is 23.7 Å². The van der Waals surface area contributed by atoms with Gasteiger partial charge in [0.2, 0.25) is 5.88 Å². The van der Waals surface area contributed by atoms with Crippen LogP contribution in [0.25, 0.3) is 11.0 Å². The predicted molar refractivity (Wildman–Crippen MR) is 118 cm³/mol. The molecule has 1 aliphatic heterocycles. The molecule has 0 aliphatic carbocycles. The van der Waals surface area contributed by atoms with Crippen LogP contribution in [0.1, 0.15) is 30.3 Å². The van der Waals surface area contributed by atoms with Crippen LogP contribution in [-0.2, 0) is 12.7 Å². The van der Waals surface area contributed by atoms with Gasteiger partial charge in [-0.3, -0.25) is 0 Å². The summed E-state index contributed by atoms with van der Waals surface area (Å²) in [5, 5.41) is 3.38. The summed E-state index contributed by atoms with van der Waals surface area (Å²) in [5.74, 6) is -0.478. The summed E-state index contributed by atoms with van der Waals surface area (Å²) in [7, 11) is 1.46. The summed E-state index contributed by atoms with van der Waals surface area (Å²) in [6, 6.07) is 4.84. The number of aromatic nitrogens is 3. The van der Waals surface area contributed by atoms with E-state index in [1.807, 2.05) is 11.8 Å². The Hall–Kier alpha value is -3.24. The molecular formula is C23H24F5N5O. The third kappa shape index (κ3) is 4.69. The quantitative estimate of drug-likeness (QED) is 0.500. The van der Waals surface area contributed by atoms with Crippen LogP contribution in [-0.4, -0.2) is 41.3 Å². The first-order valence-corrected chi connectivity index (χ1v) is 10.8. The number of piperidine rings is 1. The highest BCUT2D eigenvalue weighted by molar-refractivity contribution is 5.90. The van der Waals surface area contributed by atoms with E-state index in [1.165, 1.54) is 13.2 Å². The van der Waals surface area contributed by atoms with Crippen molar-refractivity contribution >= 4 is 22.5 Å². The number of nitrogens with zero attached hydrogens (tertiary/aromatic N) is 4. The van der Waals surface area contributed by atoms with Gasteiger partial charge in [0.25, 0.3) is 0 Å². The van der Waals surface area contributed by atoms with E-state index in [4.69, 9.17) is 4.74 Å². The first-order chi connectivity index (χ1) is 16.1. The third-order valence-electron chi connectivity index (χ3n) is 5.98. The number of hydrogen-bond acceptors (Lipinski definition) is 6. The van der Waals surface area contributed by atoms with Gasteiger partial charge in [0.15, 0.2) is 5.65 Å². The number of anilines is 2. The Kier molecular flexibility index (Phi) is 6.46. The molecular weight excluding hydrogens is 457 g/mol. The minimum atomic E-state index is -4.80. The Morgan fingerprint density at radius 1 is 1.21 bits per heavy atom. The summed E-state index contributed by atoms with van der Waals surface area (Å²) in [6.45, 7) is 4.04. The molecule has 2 atom stereocenters. The van der Waals surface area contributed by atoms with Crippen LogP contribution in [0, 0.1) is 18.7 Å². The standard InChI is InChI=1S/C23H24F5N5O/c1-12-7-8-33(11-17(12)24)18-9-15-20(30-13(2)31-21(15)32-22(18)34-3)29-10-14-5-4-6-16(19(14)25)23(26,27)28/h4-6,9,12,17H,7-8,10-11H2,1-3H3,(H,29,30,31,32). The number of fused-ring (bicyclic) bond motifs is 1. The SMILES string of the molecule is COc1nc2nc(C)nc(NCc3cccc(C(F)(F)F)c3F)c2cc1N1CCC(C)C(F)C1. The molecule has 4 rings (SSSR count). The maximum atomic E-state index is 14.5. The van der Waals surface area contributed by atoms with Crippen molar-refractivity contribution in [3.63, 3.8) is 0 Å². The Morgan fingerprint density at radius 2 is 1.97 bits per heavy atom. The zero-order valence-electron chi connectivity index (χ0n) is 18.9. The Bertz CT molecular complexity index is 1200. The van der Waals surface area contributed by atoms with E-state index in [9.17, 15) is 22.0 Å². The normalized spacial score (nSPS) is 18.9. The number of halogens is 5. The number of alkyl halides is 4. The van der Waals surface area contributed by atoms with Gasteiger partial charge in [0, 0.05) is 25.2 Å². The number of methoxy groups -OCH3 is 1. The molecule has 3 heterocycles. The molecule has 3 aromatic rings. The maximum absolute atomic E-state index is 14.5. The highest BCUT2D eigenvalue weighted by Crippen LogP contribution is 2.36. The fraction of sp³-hybridized carbons (Fsp3) is 0.435. The van der Waals surface area contributed by atoms with Gasteiger partial charge in [-0.2, -0.15) is 18.2 Å². The molecule has 0 radical (unpaired) electrons. The molecule has 1 N–H and O–H groups in total. The highest BCUT2D eigenvalue weighted by atomic mass is 19.4. The topological polar surface area (TPSA) is 63.2 Å².